The van der Waals surface area contributed by atoms with Gasteiger partial charge in [-0.25, -0.2) is 8.42 Å². The van der Waals surface area contributed by atoms with Crippen LogP contribution in [0.15, 0.2) is 27.1 Å². The minimum atomic E-state index is -3.59. The first-order valence-corrected chi connectivity index (χ1v) is 8.62. The maximum Gasteiger partial charge on any atom is 0.263 e. The zero-order valence-electron chi connectivity index (χ0n) is 10.1. The average molecular weight is 365 g/mol. The molecule has 2 aromatic rings. The van der Waals surface area contributed by atoms with Crippen LogP contribution < -0.4 is 10.0 Å². The molecule has 0 unspecified atom stereocenters. The zero-order chi connectivity index (χ0) is 13.9. The number of sulfonamides is 1. The van der Waals surface area contributed by atoms with Gasteiger partial charge in [-0.2, -0.15) is 5.10 Å². The summed E-state index contributed by atoms with van der Waals surface area (Å²) in [4.78, 5) is 1.20. The quantitative estimate of drug-likeness (QED) is 0.732. The minimum absolute atomic E-state index is 0.242. The smallest absolute Gasteiger partial charge is 0.263 e. The van der Waals surface area contributed by atoms with Gasteiger partial charge in [0.25, 0.3) is 10.0 Å². The molecule has 2 rings (SSSR count). The van der Waals surface area contributed by atoms with Crippen LogP contribution in [0.1, 0.15) is 11.8 Å². The predicted octanol–water partition coefficient (Wildman–Crippen LogP) is 2.14. The van der Waals surface area contributed by atoms with E-state index in [9.17, 15) is 8.42 Å². The number of rotatable bonds is 6. The Kier molecular flexibility index (Phi) is 4.61. The molecule has 0 aliphatic heterocycles. The van der Waals surface area contributed by atoms with E-state index in [1.165, 1.54) is 23.7 Å². The highest BCUT2D eigenvalue weighted by molar-refractivity contribution is 9.11. The Labute approximate surface area is 123 Å². The van der Waals surface area contributed by atoms with Crippen molar-refractivity contribution in [3.8, 4) is 0 Å². The number of nitrogens with zero attached hydrogens (tertiary/aromatic N) is 1. The molecular formula is C10H13BrN4O2S2. The van der Waals surface area contributed by atoms with Gasteiger partial charge in [0.1, 0.15) is 4.90 Å². The van der Waals surface area contributed by atoms with Crippen LogP contribution >= 0.6 is 27.3 Å². The normalized spacial score (nSPS) is 11.7. The molecule has 0 aliphatic rings. The predicted molar refractivity (Wildman–Crippen MR) is 78.8 cm³/mol. The fraction of sp³-hybridized carbons (Fsp3) is 0.300. The third kappa shape index (κ3) is 3.56. The van der Waals surface area contributed by atoms with Crippen molar-refractivity contribution >= 4 is 43.0 Å². The van der Waals surface area contributed by atoms with Crippen molar-refractivity contribution in [2.45, 2.75) is 18.4 Å². The molecule has 0 atom stereocenters. The maximum absolute atomic E-state index is 12.2. The van der Waals surface area contributed by atoms with E-state index in [-0.39, 0.29) is 4.90 Å². The summed E-state index contributed by atoms with van der Waals surface area (Å²) in [5, 5.41) is 9.41. The molecule has 2 heterocycles. The van der Waals surface area contributed by atoms with Gasteiger partial charge in [0, 0.05) is 17.6 Å². The largest absolute Gasteiger partial charge is 0.312 e. The van der Waals surface area contributed by atoms with Crippen molar-refractivity contribution in [3.05, 3.63) is 27.1 Å². The van der Waals surface area contributed by atoms with Crippen LogP contribution in [0.3, 0.4) is 0 Å². The second kappa shape index (κ2) is 6.04. The number of anilines is 1. The molecule has 0 radical (unpaired) electrons. The minimum Gasteiger partial charge on any atom is -0.312 e. The van der Waals surface area contributed by atoms with Gasteiger partial charge in [-0.3, -0.25) is 9.82 Å². The van der Waals surface area contributed by atoms with Gasteiger partial charge < -0.3 is 5.32 Å². The fourth-order valence-electron chi connectivity index (χ4n) is 1.43. The Bertz CT molecular complexity index is 637. The number of H-pyrrole nitrogens is 1. The molecule has 0 fully saturated rings. The molecule has 0 aromatic carbocycles. The molecular weight excluding hydrogens is 352 g/mol. The summed E-state index contributed by atoms with van der Waals surface area (Å²) in [5.41, 5.74) is 0.409. The summed E-state index contributed by atoms with van der Waals surface area (Å²) in [6, 6.07) is 1.67. The molecule has 6 nitrogen and oxygen atoms in total. The van der Waals surface area contributed by atoms with Crippen molar-refractivity contribution in [1.29, 1.82) is 0 Å². The van der Waals surface area contributed by atoms with Crippen molar-refractivity contribution in [2.75, 3.05) is 11.3 Å². The van der Waals surface area contributed by atoms with E-state index >= 15 is 0 Å². The first kappa shape index (κ1) is 14.5. The van der Waals surface area contributed by atoms with Crippen LogP contribution in [0.25, 0.3) is 0 Å². The summed E-state index contributed by atoms with van der Waals surface area (Å²) in [5.74, 6) is 0. The van der Waals surface area contributed by atoms with Crippen LogP contribution in [0.2, 0.25) is 0 Å². The molecule has 2 aromatic heterocycles. The van der Waals surface area contributed by atoms with Crippen LogP contribution in [0.4, 0.5) is 5.69 Å². The molecule has 0 aliphatic carbocycles. The number of aromatic amines is 1. The van der Waals surface area contributed by atoms with Gasteiger partial charge in [-0.05, 0) is 28.5 Å². The molecule has 0 bridgehead atoms. The van der Waals surface area contributed by atoms with E-state index in [1.807, 2.05) is 6.92 Å². The van der Waals surface area contributed by atoms with Crippen molar-refractivity contribution < 1.29 is 8.42 Å². The topological polar surface area (TPSA) is 86.9 Å². The highest BCUT2D eigenvalue weighted by atomic mass is 79.9. The average Bonchev–Trinajstić information content (AvgIpc) is 2.95. The molecule has 104 valence electrons. The molecule has 0 amide bonds. The first-order valence-electron chi connectivity index (χ1n) is 5.53. The Morgan fingerprint density at radius 2 is 2.32 bits per heavy atom. The third-order valence-corrected chi connectivity index (χ3v) is 5.93. The second-order valence-corrected chi connectivity index (χ2v) is 7.83. The molecule has 19 heavy (non-hydrogen) atoms. The number of thiophene rings is 1. The zero-order valence-corrected chi connectivity index (χ0v) is 13.3. The number of hydrogen-bond acceptors (Lipinski definition) is 5. The highest BCUT2D eigenvalue weighted by Gasteiger charge is 2.21. The summed E-state index contributed by atoms with van der Waals surface area (Å²) in [7, 11) is -3.59. The Balaban J connectivity index is 2.22. The van der Waals surface area contributed by atoms with E-state index in [4.69, 9.17) is 0 Å². The van der Waals surface area contributed by atoms with Crippen molar-refractivity contribution in [3.63, 3.8) is 0 Å². The van der Waals surface area contributed by atoms with E-state index in [2.05, 4.69) is 36.2 Å². The van der Waals surface area contributed by atoms with Gasteiger partial charge >= 0.3 is 0 Å². The third-order valence-electron chi connectivity index (χ3n) is 2.30. The van der Waals surface area contributed by atoms with Crippen LogP contribution in [0, 0.1) is 0 Å². The molecule has 0 spiro atoms. The maximum atomic E-state index is 12.2. The van der Waals surface area contributed by atoms with Gasteiger partial charge in [0.15, 0.2) is 0 Å². The first-order chi connectivity index (χ1) is 9.03. The molecule has 0 saturated carbocycles. The highest BCUT2D eigenvalue weighted by Crippen LogP contribution is 2.32. The van der Waals surface area contributed by atoms with Crippen LogP contribution in [-0.4, -0.2) is 25.2 Å². The van der Waals surface area contributed by atoms with Gasteiger partial charge in [0.05, 0.1) is 15.7 Å². The Hall–Kier alpha value is -0.900. The van der Waals surface area contributed by atoms with Crippen LogP contribution in [0.5, 0.6) is 0 Å². The summed E-state index contributed by atoms with van der Waals surface area (Å²) < 4.78 is 27.5. The van der Waals surface area contributed by atoms with E-state index in [1.54, 1.807) is 6.07 Å². The number of hydrogen-bond donors (Lipinski definition) is 3. The molecule has 3 N–H and O–H groups in total. The summed E-state index contributed by atoms with van der Waals surface area (Å²) >= 11 is 4.70. The lowest BCUT2D eigenvalue weighted by Gasteiger charge is -2.03. The number of halogens is 1. The van der Waals surface area contributed by atoms with E-state index in [0.717, 1.165) is 11.4 Å². The Morgan fingerprint density at radius 3 is 2.95 bits per heavy atom. The Morgan fingerprint density at radius 1 is 1.53 bits per heavy atom. The fourth-order valence-corrected chi connectivity index (χ4v) is 5.12. The second-order valence-electron chi connectivity index (χ2n) is 3.72. The lowest BCUT2D eigenvalue weighted by molar-refractivity contribution is 0.601. The number of nitrogens with one attached hydrogen (secondary N) is 3. The molecule has 9 heteroatoms. The van der Waals surface area contributed by atoms with E-state index < -0.39 is 10.0 Å². The lowest BCUT2D eigenvalue weighted by atomic mass is 10.4. The summed E-state index contributed by atoms with van der Waals surface area (Å²) in [6.07, 6.45) is 2.90. The van der Waals surface area contributed by atoms with E-state index in [0.29, 0.717) is 16.0 Å². The van der Waals surface area contributed by atoms with Gasteiger partial charge in [0.2, 0.25) is 0 Å². The molecule has 0 saturated heterocycles. The van der Waals surface area contributed by atoms with Crippen LogP contribution in [-0.2, 0) is 16.6 Å². The lowest BCUT2D eigenvalue weighted by Crippen LogP contribution is -2.13. The van der Waals surface area contributed by atoms with Gasteiger partial charge in [-0.15, -0.1) is 11.3 Å². The van der Waals surface area contributed by atoms with Crippen molar-refractivity contribution in [1.82, 2.24) is 15.5 Å². The SMILES string of the molecule is CCNCc1cc(S(=O)(=O)Nc2cn[nH]c2)c(Br)s1. The summed E-state index contributed by atoms with van der Waals surface area (Å²) in [6.45, 7) is 3.49. The number of aromatic nitrogens is 2. The monoisotopic (exact) mass is 364 g/mol. The van der Waals surface area contributed by atoms with Crippen molar-refractivity contribution in [2.24, 2.45) is 0 Å². The standard InChI is InChI=1S/C10H13BrN4O2S2/c1-2-12-6-8-3-9(10(11)18-8)19(16,17)15-7-4-13-14-5-7/h3-5,12,15H,2,6H2,1H3,(H,13,14). The van der Waals surface area contributed by atoms with Gasteiger partial charge in [-0.1, -0.05) is 6.92 Å².